The predicted octanol–water partition coefficient (Wildman–Crippen LogP) is 8.02. The number of rotatable bonds is 10. The second kappa shape index (κ2) is 10.1. The molecule has 0 fully saturated rings. The SMILES string of the molecule is CCCCCCCCCCc1cc(F)c(C2=Cc3cc(F)c(F)cc3C2)c(F)c1. The molecule has 29 heavy (non-hydrogen) atoms. The Kier molecular flexibility index (Phi) is 7.51. The highest BCUT2D eigenvalue weighted by Crippen LogP contribution is 2.35. The summed E-state index contributed by atoms with van der Waals surface area (Å²) in [7, 11) is 0. The summed E-state index contributed by atoms with van der Waals surface area (Å²) in [6.45, 7) is 2.20. The zero-order chi connectivity index (χ0) is 20.8. The molecular weight excluding hydrogens is 376 g/mol. The lowest BCUT2D eigenvalue weighted by atomic mass is 9.98. The molecule has 0 aromatic heterocycles. The summed E-state index contributed by atoms with van der Waals surface area (Å²) in [4.78, 5) is 0. The standard InChI is InChI=1S/C25H28F4/c1-2-3-4-5-6-7-8-9-10-17-11-23(28)25(24(29)12-17)20-13-18-15-21(26)22(27)16-19(18)14-20/h11-13,15-16H,2-10,14H2,1H3. The van der Waals surface area contributed by atoms with Crippen LogP contribution in [-0.2, 0) is 12.8 Å². The number of allylic oxidation sites excluding steroid dienone is 1. The maximum absolute atomic E-state index is 14.7. The van der Waals surface area contributed by atoms with Crippen LogP contribution in [0.1, 0.15) is 80.5 Å². The molecule has 0 saturated heterocycles. The Morgan fingerprint density at radius 1 is 0.690 bits per heavy atom. The number of halogens is 4. The van der Waals surface area contributed by atoms with Gasteiger partial charge in [0, 0.05) is 5.56 Å². The van der Waals surface area contributed by atoms with Crippen LogP contribution in [0.5, 0.6) is 0 Å². The van der Waals surface area contributed by atoms with E-state index in [1.165, 1.54) is 50.3 Å². The van der Waals surface area contributed by atoms with Crippen molar-refractivity contribution in [1.29, 1.82) is 0 Å². The van der Waals surface area contributed by atoms with Crippen molar-refractivity contribution in [3.63, 3.8) is 0 Å². The first-order valence-electron chi connectivity index (χ1n) is 10.7. The average Bonchev–Trinajstić information content (AvgIpc) is 3.05. The van der Waals surface area contributed by atoms with Crippen LogP contribution in [0, 0.1) is 23.3 Å². The molecule has 0 amide bonds. The lowest BCUT2D eigenvalue weighted by Crippen LogP contribution is -1.99. The Bertz CT molecular complexity index is 860. The molecule has 0 atom stereocenters. The molecule has 0 saturated carbocycles. The molecule has 0 N–H and O–H groups in total. The van der Waals surface area contributed by atoms with Gasteiger partial charge in [-0.25, -0.2) is 17.6 Å². The smallest absolute Gasteiger partial charge is 0.159 e. The molecule has 1 aliphatic carbocycles. The van der Waals surface area contributed by atoms with Gasteiger partial charge in [-0.3, -0.25) is 0 Å². The third-order valence-corrected chi connectivity index (χ3v) is 5.63. The van der Waals surface area contributed by atoms with E-state index in [9.17, 15) is 17.6 Å². The van der Waals surface area contributed by atoms with Gasteiger partial charge in [-0.1, -0.05) is 57.9 Å². The van der Waals surface area contributed by atoms with Crippen LogP contribution in [0.15, 0.2) is 24.3 Å². The second-order valence-electron chi connectivity index (χ2n) is 7.97. The number of benzene rings is 2. The average molecular weight is 404 g/mol. The van der Waals surface area contributed by atoms with E-state index in [2.05, 4.69) is 6.92 Å². The number of hydrogen-bond donors (Lipinski definition) is 0. The van der Waals surface area contributed by atoms with Gasteiger partial charge in [0.1, 0.15) is 11.6 Å². The van der Waals surface area contributed by atoms with Crippen LogP contribution < -0.4 is 0 Å². The number of unbranched alkanes of at least 4 members (excludes halogenated alkanes) is 7. The maximum Gasteiger partial charge on any atom is 0.159 e. The number of fused-ring (bicyclic) bond motifs is 1. The monoisotopic (exact) mass is 404 g/mol. The van der Waals surface area contributed by atoms with Crippen LogP contribution in [-0.4, -0.2) is 0 Å². The topological polar surface area (TPSA) is 0 Å². The van der Waals surface area contributed by atoms with Gasteiger partial charge in [0.05, 0.1) is 0 Å². The Labute approximate surface area is 170 Å². The van der Waals surface area contributed by atoms with Gasteiger partial charge in [-0.15, -0.1) is 0 Å². The van der Waals surface area contributed by atoms with Crippen LogP contribution in [0.3, 0.4) is 0 Å². The molecule has 1 aliphatic rings. The summed E-state index contributed by atoms with van der Waals surface area (Å²) in [5.41, 5.74) is 1.99. The van der Waals surface area contributed by atoms with Gasteiger partial charge in [-0.05, 0) is 65.8 Å². The Hall–Kier alpha value is -2.10. The summed E-state index contributed by atoms with van der Waals surface area (Å²) in [6, 6.07) is 4.96. The van der Waals surface area contributed by atoms with E-state index in [1.54, 1.807) is 0 Å². The lowest BCUT2D eigenvalue weighted by Gasteiger charge is -2.09. The summed E-state index contributed by atoms with van der Waals surface area (Å²) >= 11 is 0. The van der Waals surface area contributed by atoms with Crippen molar-refractivity contribution in [1.82, 2.24) is 0 Å². The largest absolute Gasteiger partial charge is 0.206 e. The van der Waals surface area contributed by atoms with Crippen molar-refractivity contribution in [3.05, 3.63) is 69.8 Å². The summed E-state index contributed by atoms with van der Waals surface area (Å²) in [6.07, 6.45) is 11.8. The van der Waals surface area contributed by atoms with Crippen molar-refractivity contribution in [2.45, 2.75) is 71.1 Å². The molecule has 0 spiro atoms. The fourth-order valence-electron chi connectivity index (χ4n) is 4.04. The normalized spacial score (nSPS) is 12.9. The Morgan fingerprint density at radius 3 is 1.93 bits per heavy atom. The summed E-state index contributed by atoms with van der Waals surface area (Å²) in [5.74, 6) is -3.12. The van der Waals surface area contributed by atoms with Gasteiger partial charge in [0.2, 0.25) is 0 Å². The highest BCUT2D eigenvalue weighted by molar-refractivity contribution is 5.89. The summed E-state index contributed by atoms with van der Waals surface area (Å²) in [5, 5.41) is 0. The van der Waals surface area contributed by atoms with E-state index in [1.807, 2.05) is 0 Å². The predicted molar refractivity (Wildman–Crippen MR) is 111 cm³/mol. The molecule has 0 radical (unpaired) electrons. The molecule has 156 valence electrons. The Balaban J connectivity index is 1.58. The second-order valence-corrected chi connectivity index (χ2v) is 7.97. The van der Waals surface area contributed by atoms with Gasteiger partial charge in [-0.2, -0.15) is 0 Å². The van der Waals surface area contributed by atoms with Crippen LogP contribution >= 0.6 is 0 Å². The van der Waals surface area contributed by atoms with E-state index in [-0.39, 0.29) is 12.0 Å². The molecular formula is C25H28F4. The maximum atomic E-state index is 14.7. The Morgan fingerprint density at radius 2 is 1.28 bits per heavy atom. The first-order valence-corrected chi connectivity index (χ1v) is 10.7. The van der Waals surface area contributed by atoms with Crippen molar-refractivity contribution in [3.8, 4) is 0 Å². The molecule has 2 aromatic carbocycles. The van der Waals surface area contributed by atoms with Gasteiger partial charge < -0.3 is 0 Å². The van der Waals surface area contributed by atoms with Crippen molar-refractivity contribution >= 4 is 11.6 Å². The van der Waals surface area contributed by atoms with Crippen molar-refractivity contribution < 1.29 is 17.6 Å². The third-order valence-electron chi connectivity index (χ3n) is 5.63. The molecule has 0 nitrogen and oxygen atoms in total. The first-order chi connectivity index (χ1) is 14.0. The zero-order valence-electron chi connectivity index (χ0n) is 17.0. The first kappa shape index (κ1) is 21.6. The minimum absolute atomic E-state index is 0.0957. The minimum Gasteiger partial charge on any atom is -0.206 e. The van der Waals surface area contributed by atoms with E-state index < -0.39 is 23.3 Å². The number of hydrogen-bond acceptors (Lipinski definition) is 0. The minimum atomic E-state index is -0.956. The van der Waals surface area contributed by atoms with E-state index in [0.29, 0.717) is 28.7 Å². The van der Waals surface area contributed by atoms with Crippen molar-refractivity contribution in [2.24, 2.45) is 0 Å². The van der Waals surface area contributed by atoms with Crippen LogP contribution in [0.25, 0.3) is 11.6 Å². The van der Waals surface area contributed by atoms with E-state index in [0.717, 1.165) is 31.4 Å². The van der Waals surface area contributed by atoms with Crippen molar-refractivity contribution in [2.75, 3.05) is 0 Å². The van der Waals surface area contributed by atoms with E-state index >= 15 is 0 Å². The lowest BCUT2D eigenvalue weighted by molar-refractivity contribution is 0.507. The highest BCUT2D eigenvalue weighted by atomic mass is 19.2. The highest BCUT2D eigenvalue weighted by Gasteiger charge is 2.22. The van der Waals surface area contributed by atoms with Gasteiger partial charge in [0.15, 0.2) is 11.6 Å². The van der Waals surface area contributed by atoms with Gasteiger partial charge >= 0.3 is 0 Å². The third kappa shape index (κ3) is 5.49. The molecule has 0 aliphatic heterocycles. The van der Waals surface area contributed by atoms with E-state index in [4.69, 9.17) is 0 Å². The quantitative estimate of drug-likeness (QED) is 0.278. The molecule has 3 rings (SSSR count). The number of aryl methyl sites for hydroxylation is 1. The molecule has 0 heterocycles. The zero-order valence-corrected chi connectivity index (χ0v) is 17.0. The molecule has 4 heteroatoms. The fourth-order valence-corrected chi connectivity index (χ4v) is 4.04. The molecule has 0 unspecified atom stereocenters. The molecule has 0 bridgehead atoms. The van der Waals surface area contributed by atoms with Gasteiger partial charge in [0.25, 0.3) is 0 Å². The molecule has 2 aromatic rings. The van der Waals surface area contributed by atoms with Crippen LogP contribution in [0.4, 0.5) is 17.6 Å². The summed E-state index contributed by atoms with van der Waals surface area (Å²) < 4.78 is 56.2. The van der Waals surface area contributed by atoms with Crippen LogP contribution in [0.2, 0.25) is 0 Å². The fraction of sp³-hybridized carbons (Fsp3) is 0.440.